The van der Waals surface area contributed by atoms with E-state index in [0.717, 1.165) is 5.01 Å². The number of anilines is 1. The van der Waals surface area contributed by atoms with Gasteiger partial charge in [0.05, 0.1) is 22.5 Å². The lowest BCUT2D eigenvalue weighted by molar-refractivity contribution is 0.112. The molecular formula is C9H7N3O3S. The van der Waals surface area contributed by atoms with Gasteiger partial charge in [-0.05, 0) is 6.92 Å². The number of amides is 1. The van der Waals surface area contributed by atoms with Crippen LogP contribution in [0.15, 0.2) is 6.20 Å². The fourth-order valence-corrected chi connectivity index (χ4v) is 2.11. The Morgan fingerprint density at radius 3 is 3.00 bits per heavy atom. The fourth-order valence-electron chi connectivity index (χ4n) is 1.33. The molecule has 2 heterocycles. The predicted octanol–water partition coefficient (Wildman–Crippen LogP) is 1.90. The first-order chi connectivity index (χ1) is 7.61. The summed E-state index contributed by atoms with van der Waals surface area (Å²) in [5.74, 6) is 0. The van der Waals surface area contributed by atoms with Crippen molar-refractivity contribution in [1.82, 2.24) is 9.97 Å². The van der Waals surface area contributed by atoms with E-state index in [1.807, 2.05) is 0 Å². The smallest absolute Gasteiger partial charge is 0.409 e. The summed E-state index contributed by atoms with van der Waals surface area (Å²) < 4.78 is 0. The number of hydrogen-bond donors (Lipinski definition) is 2. The summed E-state index contributed by atoms with van der Waals surface area (Å²) in [7, 11) is 0. The molecule has 82 valence electrons. The highest BCUT2D eigenvalue weighted by atomic mass is 32.1. The van der Waals surface area contributed by atoms with Crippen molar-refractivity contribution >= 4 is 39.8 Å². The van der Waals surface area contributed by atoms with Crippen molar-refractivity contribution in [3.8, 4) is 0 Å². The first kappa shape index (κ1) is 10.5. The SMILES string of the molecule is Cc1nc2c(C=O)c(NC(=O)O)cnc2s1. The van der Waals surface area contributed by atoms with Crippen LogP contribution in [0.2, 0.25) is 0 Å². The lowest BCUT2D eigenvalue weighted by Gasteiger charge is -2.03. The Balaban J connectivity index is 2.66. The van der Waals surface area contributed by atoms with E-state index in [2.05, 4.69) is 15.3 Å². The Hall–Kier alpha value is -2.02. The zero-order valence-corrected chi connectivity index (χ0v) is 9.04. The number of carboxylic acid groups (broad SMARTS) is 1. The van der Waals surface area contributed by atoms with Gasteiger partial charge in [0.2, 0.25) is 0 Å². The highest BCUT2D eigenvalue weighted by Gasteiger charge is 2.13. The van der Waals surface area contributed by atoms with Crippen molar-refractivity contribution in [3.63, 3.8) is 0 Å². The van der Waals surface area contributed by atoms with Gasteiger partial charge in [0.25, 0.3) is 0 Å². The minimum absolute atomic E-state index is 0.153. The molecule has 0 unspecified atom stereocenters. The third-order valence-electron chi connectivity index (χ3n) is 1.93. The van der Waals surface area contributed by atoms with Crippen LogP contribution in [0.5, 0.6) is 0 Å². The summed E-state index contributed by atoms with van der Waals surface area (Å²) in [4.78, 5) is 30.2. The quantitative estimate of drug-likeness (QED) is 0.778. The number of rotatable bonds is 2. The number of thiazole rings is 1. The van der Waals surface area contributed by atoms with Gasteiger partial charge in [0.15, 0.2) is 6.29 Å². The van der Waals surface area contributed by atoms with Crippen molar-refractivity contribution in [2.75, 3.05) is 5.32 Å². The number of hydrogen-bond acceptors (Lipinski definition) is 5. The molecule has 0 saturated carbocycles. The number of nitrogens with one attached hydrogen (secondary N) is 1. The molecule has 2 N–H and O–H groups in total. The second kappa shape index (κ2) is 3.86. The van der Waals surface area contributed by atoms with Crippen LogP contribution in [0.25, 0.3) is 10.3 Å². The number of carbonyl (C=O) groups is 2. The summed E-state index contributed by atoms with van der Waals surface area (Å²) >= 11 is 1.35. The fraction of sp³-hybridized carbons (Fsp3) is 0.111. The number of nitrogens with zero attached hydrogens (tertiary/aromatic N) is 2. The van der Waals surface area contributed by atoms with E-state index >= 15 is 0 Å². The van der Waals surface area contributed by atoms with Gasteiger partial charge >= 0.3 is 6.09 Å². The van der Waals surface area contributed by atoms with E-state index in [0.29, 0.717) is 16.6 Å². The molecule has 0 atom stereocenters. The minimum atomic E-state index is -1.24. The molecule has 0 radical (unpaired) electrons. The molecule has 7 heteroatoms. The van der Waals surface area contributed by atoms with Crippen molar-refractivity contribution in [2.45, 2.75) is 6.92 Å². The van der Waals surface area contributed by atoms with E-state index in [4.69, 9.17) is 5.11 Å². The second-order valence-electron chi connectivity index (χ2n) is 3.02. The van der Waals surface area contributed by atoms with Crippen molar-refractivity contribution in [2.24, 2.45) is 0 Å². The highest BCUT2D eigenvalue weighted by molar-refractivity contribution is 7.18. The molecule has 0 fully saturated rings. The lowest BCUT2D eigenvalue weighted by Crippen LogP contribution is -2.09. The van der Waals surface area contributed by atoms with E-state index in [-0.39, 0.29) is 11.3 Å². The molecule has 2 aromatic rings. The van der Waals surface area contributed by atoms with Crippen molar-refractivity contribution in [1.29, 1.82) is 0 Å². The topological polar surface area (TPSA) is 92.2 Å². The van der Waals surface area contributed by atoms with Crippen LogP contribution in [0.3, 0.4) is 0 Å². The maximum atomic E-state index is 10.9. The van der Waals surface area contributed by atoms with E-state index < -0.39 is 6.09 Å². The van der Waals surface area contributed by atoms with Gasteiger partial charge < -0.3 is 5.11 Å². The van der Waals surface area contributed by atoms with Crippen molar-refractivity contribution < 1.29 is 14.7 Å². The maximum Gasteiger partial charge on any atom is 0.409 e. The molecular weight excluding hydrogens is 230 g/mol. The van der Waals surface area contributed by atoms with Crippen LogP contribution in [0.4, 0.5) is 10.5 Å². The summed E-state index contributed by atoms with van der Waals surface area (Å²) in [5.41, 5.74) is 0.806. The summed E-state index contributed by atoms with van der Waals surface area (Å²) in [6.45, 7) is 1.80. The molecule has 16 heavy (non-hydrogen) atoms. The van der Waals surface area contributed by atoms with Crippen LogP contribution in [-0.4, -0.2) is 27.5 Å². The van der Waals surface area contributed by atoms with Gasteiger partial charge in [-0.25, -0.2) is 14.8 Å². The first-order valence-electron chi connectivity index (χ1n) is 4.33. The number of aromatic nitrogens is 2. The molecule has 2 aromatic heterocycles. The molecule has 0 aliphatic carbocycles. The van der Waals surface area contributed by atoms with Gasteiger partial charge in [-0.3, -0.25) is 10.1 Å². The average Bonchev–Trinajstić information content (AvgIpc) is 2.57. The normalized spacial score (nSPS) is 10.3. The third-order valence-corrected chi connectivity index (χ3v) is 2.81. The maximum absolute atomic E-state index is 10.9. The Kier molecular flexibility index (Phi) is 2.53. The number of fused-ring (bicyclic) bond motifs is 1. The first-order valence-corrected chi connectivity index (χ1v) is 5.14. The predicted molar refractivity (Wildman–Crippen MR) is 59.2 cm³/mol. The van der Waals surface area contributed by atoms with E-state index in [1.165, 1.54) is 17.5 Å². The van der Waals surface area contributed by atoms with Gasteiger partial charge in [0.1, 0.15) is 10.3 Å². The van der Waals surface area contributed by atoms with Gasteiger partial charge in [-0.2, -0.15) is 0 Å². The monoisotopic (exact) mass is 237 g/mol. The molecule has 0 bridgehead atoms. The van der Waals surface area contributed by atoms with Crippen LogP contribution in [-0.2, 0) is 0 Å². The number of carbonyl (C=O) groups excluding carboxylic acids is 1. The van der Waals surface area contributed by atoms with Gasteiger partial charge in [-0.15, -0.1) is 0 Å². The molecule has 6 nitrogen and oxygen atoms in total. The summed E-state index contributed by atoms with van der Waals surface area (Å²) in [6.07, 6.45) is 0.655. The highest BCUT2D eigenvalue weighted by Crippen LogP contribution is 2.26. The third kappa shape index (κ3) is 1.72. The largest absolute Gasteiger partial charge is 0.465 e. The Morgan fingerprint density at radius 2 is 2.38 bits per heavy atom. The number of aldehydes is 1. The van der Waals surface area contributed by atoms with Gasteiger partial charge in [0, 0.05) is 0 Å². The molecule has 0 spiro atoms. The standard InChI is InChI=1S/C9H7N3O3S/c1-4-11-7-5(3-13)6(12-9(14)15)2-10-8(7)16-4/h2-3,12H,1H3,(H,14,15). The zero-order valence-electron chi connectivity index (χ0n) is 8.22. The number of pyridine rings is 1. The van der Waals surface area contributed by atoms with Crippen LogP contribution < -0.4 is 5.32 Å². The van der Waals surface area contributed by atoms with E-state index in [1.54, 1.807) is 6.92 Å². The van der Waals surface area contributed by atoms with Crippen LogP contribution in [0.1, 0.15) is 15.4 Å². The van der Waals surface area contributed by atoms with Gasteiger partial charge in [-0.1, -0.05) is 11.3 Å². The number of aryl methyl sites for hydroxylation is 1. The Morgan fingerprint density at radius 1 is 1.62 bits per heavy atom. The molecule has 0 aliphatic heterocycles. The molecule has 2 rings (SSSR count). The lowest BCUT2D eigenvalue weighted by atomic mass is 10.2. The molecule has 0 aromatic carbocycles. The summed E-state index contributed by atoms with van der Waals surface area (Å²) in [5, 5.41) is 11.5. The molecule has 0 saturated heterocycles. The van der Waals surface area contributed by atoms with E-state index in [9.17, 15) is 9.59 Å². The molecule has 1 amide bonds. The zero-order chi connectivity index (χ0) is 11.7. The summed E-state index contributed by atoms with van der Waals surface area (Å²) in [6, 6.07) is 0. The Bertz CT molecular complexity index is 579. The second-order valence-corrected chi connectivity index (χ2v) is 4.20. The average molecular weight is 237 g/mol. The van der Waals surface area contributed by atoms with Crippen LogP contribution in [0, 0.1) is 6.92 Å². The minimum Gasteiger partial charge on any atom is -0.465 e. The van der Waals surface area contributed by atoms with Crippen LogP contribution >= 0.6 is 11.3 Å². The molecule has 0 aliphatic rings. The van der Waals surface area contributed by atoms with Crippen molar-refractivity contribution in [3.05, 3.63) is 16.8 Å². The Labute approximate surface area is 94.0 Å².